The number of benzene rings is 4. The second-order valence-corrected chi connectivity index (χ2v) is 10.3. The highest BCUT2D eigenvalue weighted by molar-refractivity contribution is 7.92. The van der Waals surface area contributed by atoms with Crippen molar-refractivity contribution in [1.29, 1.82) is 0 Å². The molecule has 0 fully saturated rings. The molecule has 0 saturated carbocycles. The van der Waals surface area contributed by atoms with Gasteiger partial charge in [0.2, 0.25) is 0 Å². The highest BCUT2D eigenvalue weighted by Crippen LogP contribution is 2.23. The van der Waals surface area contributed by atoms with Crippen LogP contribution < -0.4 is 14.5 Å². The third-order valence-corrected chi connectivity index (χ3v) is 7.33. The van der Waals surface area contributed by atoms with E-state index in [1.807, 2.05) is 31.2 Å². The first-order chi connectivity index (χ1) is 18.3. The van der Waals surface area contributed by atoms with Crippen LogP contribution in [0.1, 0.15) is 16.7 Å². The number of halogens is 1. The zero-order valence-corrected chi connectivity index (χ0v) is 21.4. The van der Waals surface area contributed by atoms with Crippen molar-refractivity contribution in [1.82, 2.24) is 5.43 Å². The third kappa shape index (κ3) is 7.04. The Hall–Kier alpha value is -4.50. The molecule has 1 N–H and O–H groups in total. The Morgan fingerprint density at radius 1 is 0.921 bits per heavy atom. The largest absolute Gasteiger partial charge is 0.489 e. The number of nitrogens with zero attached hydrogens (tertiary/aromatic N) is 2. The topological polar surface area (TPSA) is 88.1 Å². The minimum atomic E-state index is -4.09. The number of aryl methyl sites for hydroxylation is 1. The number of anilines is 1. The lowest BCUT2D eigenvalue weighted by Gasteiger charge is -2.23. The summed E-state index contributed by atoms with van der Waals surface area (Å²) in [5, 5.41) is 3.94. The van der Waals surface area contributed by atoms with Crippen molar-refractivity contribution in [3.05, 3.63) is 126 Å². The molecule has 0 radical (unpaired) electrons. The molecule has 1 amide bonds. The Balaban J connectivity index is 1.38. The van der Waals surface area contributed by atoms with Gasteiger partial charge < -0.3 is 4.74 Å². The summed E-state index contributed by atoms with van der Waals surface area (Å²) in [6, 6.07) is 27.8. The molecule has 0 spiro atoms. The standard InChI is InChI=1S/C29H26FN3O4S/c1-22-7-9-24(10-8-22)21-37-27-17-11-23(12-18-27)19-31-32-29(34)20-33(26-15-13-25(30)14-16-26)38(35,36)28-5-3-2-4-6-28/h2-19H,20-21H2,1H3,(H,32,34)/b31-19-. The van der Waals surface area contributed by atoms with Crippen molar-refractivity contribution in [2.75, 3.05) is 10.8 Å². The second kappa shape index (κ2) is 12.2. The Morgan fingerprint density at radius 2 is 1.58 bits per heavy atom. The fourth-order valence-electron chi connectivity index (χ4n) is 3.49. The molecule has 9 heteroatoms. The van der Waals surface area contributed by atoms with E-state index in [4.69, 9.17) is 4.74 Å². The average molecular weight is 532 g/mol. The summed E-state index contributed by atoms with van der Waals surface area (Å²) in [7, 11) is -4.09. The van der Waals surface area contributed by atoms with Gasteiger partial charge in [-0.15, -0.1) is 0 Å². The molecule has 194 valence electrons. The number of amides is 1. The van der Waals surface area contributed by atoms with Crippen LogP contribution in [0, 0.1) is 12.7 Å². The molecule has 38 heavy (non-hydrogen) atoms. The van der Waals surface area contributed by atoms with E-state index in [1.54, 1.807) is 42.5 Å². The van der Waals surface area contributed by atoms with Gasteiger partial charge in [-0.3, -0.25) is 9.10 Å². The van der Waals surface area contributed by atoms with E-state index in [-0.39, 0.29) is 10.6 Å². The smallest absolute Gasteiger partial charge is 0.264 e. The molecule has 0 heterocycles. The SMILES string of the molecule is Cc1ccc(COc2ccc(/C=N\NC(=O)CN(c3ccc(F)cc3)S(=O)(=O)c3ccccc3)cc2)cc1. The highest BCUT2D eigenvalue weighted by atomic mass is 32.2. The molecule has 4 aromatic rings. The van der Waals surface area contributed by atoms with Crippen LogP contribution in [-0.4, -0.2) is 27.1 Å². The van der Waals surface area contributed by atoms with Crippen LogP contribution in [0.25, 0.3) is 0 Å². The summed E-state index contributed by atoms with van der Waals surface area (Å²) in [5.74, 6) is -0.498. The number of hydrazone groups is 1. The van der Waals surface area contributed by atoms with E-state index in [9.17, 15) is 17.6 Å². The quantitative estimate of drug-likeness (QED) is 0.229. The average Bonchev–Trinajstić information content (AvgIpc) is 2.93. The Morgan fingerprint density at radius 3 is 2.24 bits per heavy atom. The van der Waals surface area contributed by atoms with Crippen molar-refractivity contribution in [2.45, 2.75) is 18.4 Å². The number of hydrogen-bond donors (Lipinski definition) is 1. The number of nitrogens with one attached hydrogen (secondary N) is 1. The summed E-state index contributed by atoms with van der Waals surface area (Å²) in [6.45, 7) is 1.92. The van der Waals surface area contributed by atoms with Crippen molar-refractivity contribution in [3.63, 3.8) is 0 Å². The molecule has 7 nitrogen and oxygen atoms in total. The lowest BCUT2D eigenvalue weighted by Crippen LogP contribution is -2.39. The predicted molar refractivity (Wildman–Crippen MR) is 145 cm³/mol. The predicted octanol–water partition coefficient (Wildman–Crippen LogP) is 5.06. The van der Waals surface area contributed by atoms with Crippen molar-refractivity contribution >= 4 is 27.8 Å². The zero-order valence-electron chi connectivity index (χ0n) is 20.6. The number of carbonyl (C=O) groups is 1. The fraction of sp³-hybridized carbons (Fsp3) is 0.103. The molecule has 4 aromatic carbocycles. The summed E-state index contributed by atoms with van der Waals surface area (Å²) in [5.41, 5.74) is 5.46. The number of rotatable bonds is 10. The number of carbonyl (C=O) groups excluding carboxylic acids is 1. The van der Waals surface area contributed by atoms with Crippen LogP contribution in [0.4, 0.5) is 10.1 Å². The Bertz CT molecular complexity index is 1490. The maximum absolute atomic E-state index is 13.4. The van der Waals surface area contributed by atoms with Gasteiger partial charge in [0.25, 0.3) is 15.9 Å². The van der Waals surface area contributed by atoms with Gasteiger partial charge in [0.15, 0.2) is 0 Å². The van der Waals surface area contributed by atoms with E-state index >= 15 is 0 Å². The van der Waals surface area contributed by atoms with Gasteiger partial charge in [0.05, 0.1) is 16.8 Å². The second-order valence-electron chi connectivity index (χ2n) is 8.44. The van der Waals surface area contributed by atoms with Gasteiger partial charge in [-0.1, -0.05) is 48.0 Å². The molecule has 0 aliphatic heterocycles. The number of sulfonamides is 1. The van der Waals surface area contributed by atoms with E-state index in [2.05, 4.69) is 10.5 Å². The van der Waals surface area contributed by atoms with E-state index in [0.29, 0.717) is 17.9 Å². The first kappa shape index (κ1) is 26.6. The van der Waals surface area contributed by atoms with Gasteiger partial charge in [0, 0.05) is 0 Å². The molecule has 0 aliphatic rings. The lowest BCUT2D eigenvalue weighted by atomic mass is 10.2. The van der Waals surface area contributed by atoms with Crippen molar-refractivity contribution in [3.8, 4) is 5.75 Å². The van der Waals surface area contributed by atoms with Gasteiger partial charge >= 0.3 is 0 Å². The first-order valence-corrected chi connectivity index (χ1v) is 13.2. The van der Waals surface area contributed by atoms with E-state index in [0.717, 1.165) is 22.0 Å². The molecule has 0 unspecified atom stereocenters. The molecule has 0 saturated heterocycles. The minimum Gasteiger partial charge on any atom is -0.489 e. The van der Waals surface area contributed by atoms with Gasteiger partial charge in [-0.2, -0.15) is 5.10 Å². The summed E-state index contributed by atoms with van der Waals surface area (Å²) < 4.78 is 46.6. The summed E-state index contributed by atoms with van der Waals surface area (Å²) in [6.07, 6.45) is 1.44. The van der Waals surface area contributed by atoms with Crippen LogP contribution in [-0.2, 0) is 21.4 Å². The first-order valence-electron chi connectivity index (χ1n) is 11.7. The number of hydrogen-bond acceptors (Lipinski definition) is 5. The van der Waals surface area contributed by atoms with Crippen LogP contribution in [0.5, 0.6) is 5.75 Å². The maximum Gasteiger partial charge on any atom is 0.264 e. The van der Waals surface area contributed by atoms with E-state index < -0.39 is 28.3 Å². The van der Waals surface area contributed by atoms with Crippen molar-refractivity contribution in [2.24, 2.45) is 5.10 Å². The number of ether oxygens (including phenoxy) is 1. The van der Waals surface area contributed by atoms with Gasteiger partial charge in [0.1, 0.15) is 24.7 Å². The lowest BCUT2D eigenvalue weighted by molar-refractivity contribution is -0.119. The van der Waals surface area contributed by atoms with Crippen LogP contribution >= 0.6 is 0 Å². The molecule has 4 rings (SSSR count). The summed E-state index contributed by atoms with van der Waals surface area (Å²) >= 11 is 0. The zero-order chi connectivity index (χ0) is 27.0. The van der Waals surface area contributed by atoms with Crippen LogP contribution in [0.2, 0.25) is 0 Å². The summed E-state index contributed by atoms with van der Waals surface area (Å²) in [4.78, 5) is 12.6. The van der Waals surface area contributed by atoms with Gasteiger partial charge in [-0.25, -0.2) is 18.2 Å². The molecular weight excluding hydrogens is 505 g/mol. The Kier molecular flexibility index (Phi) is 8.50. The fourth-order valence-corrected chi connectivity index (χ4v) is 4.93. The van der Waals surface area contributed by atoms with Gasteiger partial charge in [-0.05, 0) is 78.7 Å². The highest BCUT2D eigenvalue weighted by Gasteiger charge is 2.27. The normalized spacial score (nSPS) is 11.3. The third-order valence-electron chi connectivity index (χ3n) is 5.54. The molecule has 0 atom stereocenters. The van der Waals surface area contributed by atoms with E-state index in [1.165, 1.54) is 36.0 Å². The van der Waals surface area contributed by atoms with Crippen LogP contribution in [0.3, 0.4) is 0 Å². The minimum absolute atomic E-state index is 0.00492. The molecular formula is C29H26FN3O4S. The van der Waals surface area contributed by atoms with Crippen molar-refractivity contribution < 1.29 is 22.3 Å². The maximum atomic E-state index is 13.4. The molecule has 0 aliphatic carbocycles. The van der Waals surface area contributed by atoms with Crippen LogP contribution in [0.15, 0.2) is 113 Å². The monoisotopic (exact) mass is 531 g/mol. The molecule has 0 bridgehead atoms. The Labute approximate surface area is 221 Å². The molecule has 0 aromatic heterocycles.